The molecule has 0 N–H and O–H groups in total. The molecule has 1 saturated heterocycles. The number of carbonyl (C=O) groups is 1. The van der Waals surface area contributed by atoms with Crippen molar-refractivity contribution in [3.8, 4) is 0 Å². The normalized spacial score (nSPS) is 22.7. The van der Waals surface area contributed by atoms with Crippen LogP contribution in [0, 0.1) is 0 Å². The molecule has 25 heavy (non-hydrogen) atoms. The fourth-order valence-corrected chi connectivity index (χ4v) is 4.25. The van der Waals surface area contributed by atoms with Gasteiger partial charge in [-0.15, -0.1) is 0 Å². The quantitative estimate of drug-likeness (QED) is 0.818. The lowest BCUT2D eigenvalue weighted by Gasteiger charge is -2.34. The predicted molar refractivity (Wildman–Crippen MR) is 98.8 cm³/mol. The van der Waals surface area contributed by atoms with E-state index in [9.17, 15) is 4.79 Å². The first-order chi connectivity index (χ1) is 12.2. The number of nitrogens with zero attached hydrogens (tertiary/aromatic N) is 1. The zero-order valence-corrected chi connectivity index (χ0v) is 14.9. The van der Waals surface area contributed by atoms with Crippen molar-refractivity contribution < 1.29 is 9.53 Å². The topological polar surface area (TPSA) is 29.5 Å². The van der Waals surface area contributed by atoms with Gasteiger partial charge in [-0.05, 0) is 36.0 Å². The summed E-state index contributed by atoms with van der Waals surface area (Å²) in [6.45, 7) is 1.80. The number of fused-ring (bicyclic) bond motifs is 1. The van der Waals surface area contributed by atoms with Gasteiger partial charge in [-0.25, -0.2) is 0 Å². The Hall–Kier alpha value is -1.84. The van der Waals surface area contributed by atoms with E-state index in [1.54, 1.807) is 0 Å². The number of hydrogen-bond donors (Lipinski definition) is 0. The van der Waals surface area contributed by atoms with Gasteiger partial charge in [0, 0.05) is 23.6 Å². The number of aryl methyl sites for hydroxylation is 1. The first kappa shape index (κ1) is 16.6. The summed E-state index contributed by atoms with van der Waals surface area (Å²) in [6, 6.07) is 16.2. The van der Waals surface area contributed by atoms with E-state index in [2.05, 4.69) is 24.3 Å². The van der Waals surface area contributed by atoms with Crippen molar-refractivity contribution in [3.05, 3.63) is 70.2 Å². The van der Waals surface area contributed by atoms with Gasteiger partial charge < -0.3 is 9.64 Å². The van der Waals surface area contributed by atoms with E-state index >= 15 is 0 Å². The third-order valence-electron chi connectivity index (χ3n) is 5.35. The first-order valence-corrected chi connectivity index (χ1v) is 9.32. The minimum atomic E-state index is -0.137. The summed E-state index contributed by atoms with van der Waals surface area (Å²) in [5.74, 6) is 0.576. The van der Waals surface area contributed by atoms with Gasteiger partial charge in [0.2, 0.25) is 5.91 Å². The van der Waals surface area contributed by atoms with Gasteiger partial charge in [-0.2, -0.15) is 0 Å². The highest BCUT2D eigenvalue weighted by Crippen LogP contribution is 2.36. The summed E-state index contributed by atoms with van der Waals surface area (Å²) in [7, 11) is 0. The Morgan fingerprint density at radius 3 is 2.72 bits per heavy atom. The summed E-state index contributed by atoms with van der Waals surface area (Å²) < 4.78 is 5.87. The fraction of sp³-hybridized carbons (Fsp3) is 0.381. The Kier molecular flexibility index (Phi) is 4.78. The molecule has 2 aromatic rings. The van der Waals surface area contributed by atoms with Crippen molar-refractivity contribution in [1.29, 1.82) is 0 Å². The Balaban J connectivity index is 1.43. The van der Waals surface area contributed by atoms with E-state index < -0.39 is 0 Å². The first-order valence-electron chi connectivity index (χ1n) is 8.94. The lowest BCUT2D eigenvalue weighted by Crippen LogP contribution is -2.42. The molecule has 1 amide bonds. The maximum Gasteiger partial charge on any atom is 0.223 e. The van der Waals surface area contributed by atoms with Crippen molar-refractivity contribution in [2.75, 3.05) is 19.7 Å². The van der Waals surface area contributed by atoms with Crippen LogP contribution in [0.3, 0.4) is 0 Å². The van der Waals surface area contributed by atoms with Crippen LogP contribution in [0.4, 0.5) is 0 Å². The summed E-state index contributed by atoms with van der Waals surface area (Å²) in [4.78, 5) is 14.8. The lowest BCUT2D eigenvalue weighted by molar-refractivity contribution is -0.139. The standard InChI is InChI=1S/C21H22ClNO2/c22-19-8-4-3-7-18(19)20-14-23(11-12-25-20)21(24)13-16-10-9-15-5-1-2-6-17(15)16/h1-8,16,20H,9-14H2. The summed E-state index contributed by atoms with van der Waals surface area (Å²) in [6.07, 6.45) is 2.61. The molecular formula is C21H22ClNO2. The highest BCUT2D eigenvalue weighted by molar-refractivity contribution is 6.31. The molecule has 130 valence electrons. The maximum atomic E-state index is 12.9. The van der Waals surface area contributed by atoms with Crippen LogP contribution in [-0.4, -0.2) is 30.5 Å². The van der Waals surface area contributed by atoms with E-state index in [-0.39, 0.29) is 12.0 Å². The summed E-state index contributed by atoms with van der Waals surface area (Å²) >= 11 is 6.30. The molecule has 4 rings (SSSR count). The number of benzene rings is 2. The highest BCUT2D eigenvalue weighted by Gasteiger charge is 2.30. The van der Waals surface area contributed by atoms with Crippen LogP contribution < -0.4 is 0 Å². The van der Waals surface area contributed by atoms with Crippen LogP contribution in [-0.2, 0) is 16.0 Å². The number of halogens is 1. The molecule has 2 aromatic carbocycles. The molecule has 0 radical (unpaired) electrons. The molecule has 0 saturated carbocycles. The number of rotatable bonds is 3. The molecule has 1 heterocycles. The molecule has 4 heteroatoms. The smallest absolute Gasteiger partial charge is 0.223 e. The zero-order chi connectivity index (χ0) is 17.2. The van der Waals surface area contributed by atoms with Crippen LogP contribution in [0.2, 0.25) is 5.02 Å². The van der Waals surface area contributed by atoms with Gasteiger partial charge in [0.15, 0.2) is 0 Å². The number of carbonyl (C=O) groups excluding carboxylic acids is 1. The molecule has 2 atom stereocenters. The van der Waals surface area contributed by atoms with Gasteiger partial charge >= 0.3 is 0 Å². The van der Waals surface area contributed by atoms with E-state index in [1.165, 1.54) is 11.1 Å². The second-order valence-electron chi connectivity index (χ2n) is 6.86. The minimum absolute atomic E-state index is 0.137. The molecule has 0 spiro atoms. The minimum Gasteiger partial charge on any atom is -0.370 e. The van der Waals surface area contributed by atoms with Crippen LogP contribution in [0.5, 0.6) is 0 Å². The van der Waals surface area contributed by atoms with Crippen molar-refractivity contribution in [2.24, 2.45) is 0 Å². The van der Waals surface area contributed by atoms with Gasteiger partial charge in [-0.1, -0.05) is 54.1 Å². The SMILES string of the molecule is O=C(CC1CCc2ccccc21)N1CCOC(c2ccccc2Cl)C1. The van der Waals surface area contributed by atoms with Crippen LogP contribution in [0.15, 0.2) is 48.5 Å². The van der Waals surface area contributed by atoms with Crippen LogP contribution >= 0.6 is 11.6 Å². The van der Waals surface area contributed by atoms with Crippen molar-refractivity contribution >= 4 is 17.5 Å². The number of morpholine rings is 1. The fourth-order valence-electron chi connectivity index (χ4n) is 4.00. The Morgan fingerprint density at radius 2 is 1.88 bits per heavy atom. The summed E-state index contributed by atoms with van der Waals surface area (Å²) in [5.41, 5.74) is 3.72. The Bertz CT molecular complexity index is 776. The third-order valence-corrected chi connectivity index (χ3v) is 5.69. The van der Waals surface area contributed by atoms with Gasteiger partial charge in [-0.3, -0.25) is 4.79 Å². The highest BCUT2D eigenvalue weighted by atomic mass is 35.5. The molecular weight excluding hydrogens is 334 g/mol. The molecule has 1 aliphatic carbocycles. The van der Waals surface area contributed by atoms with E-state index in [0.29, 0.717) is 37.1 Å². The van der Waals surface area contributed by atoms with Crippen molar-refractivity contribution in [1.82, 2.24) is 4.90 Å². The monoisotopic (exact) mass is 355 g/mol. The van der Waals surface area contributed by atoms with E-state index in [1.807, 2.05) is 29.2 Å². The van der Waals surface area contributed by atoms with E-state index in [0.717, 1.165) is 18.4 Å². The molecule has 0 aromatic heterocycles. The predicted octanol–water partition coefficient (Wildman–Crippen LogP) is 4.36. The van der Waals surface area contributed by atoms with Gasteiger partial charge in [0.05, 0.1) is 13.2 Å². The number of ether oxygens (including phenoxy) is 1. The second-order valence-corrected chi connectivity index (χ2v) is 7.27. The molecule has 0 bridgehead atoms. The van der Waals surface area contributed by atoms with Crippen molar-refractivity contribution in [3.63, 3.8) is 0 Å². The van der Waals surface area contributed by atoms with Gasteiger partial charge in [0.1, 0.15) is 6.10 Å². The molecule has 3 nitrogen and oxygen atoms in total. The van der Waals surface area contributed by atoms with Gasteiger partial charge in [0.25, 0.3) is 0 Å². The summed E-state index contributed by atoms with van der Waals surface area (Å²) in [5, 5.41) is 0.700. The molecule has 2 aliphatic rings. The lowest BCUT2D eigenvalue weighted by atomic mass is 9.97. The molecule has 2 unspecified atom stereocenters. The average Bonchev–Trinajstić information content (AvgIpc) is 3.05. The van der Waals surface area contributed by atoms with Crippen molar-refractivity contribution in [2.45, 2.75) is 31.3 Å². The van der Waals surface area contributed by atoms with E-state index in [4.69, 9.17) is 16.3 Å². The van der Waals surface area contributed by atoms with Crippen LogP contribution in [0.25, 0.3) is 0 Å². The largest absolute Gasteiger partial charge is 0.370 e. The number of amides is 1. The Morgan fingerprint density at radius 1 is 1.12 bits per heavy atom. The average molecular weight is 356 g/mol. The zero-order valence-electron chi connectivity index (χ0n) is 14.2. The second kappa shape index (κ2) is 7.19. The number of hydrogen-bond acceptors (Lipinski definition) is 2. The molecule has 1 fully saturated rings. The molecule has 1 aliphatic heterocycles. The van der Waals surface area contributed by atoms with Crippen LogP contribution in [0.1, 0.15) is 41.6 Å². The maximum absolute atomic E-state index is 12.9. The third kappa shape index (κ3) is 3.44. The Labute approximate surface area is 153 Å².